The molecule has 0 aromatic carbocycles. The largest absolute Gasteiger partial charge is 0.329 e. The first kappa shape index (κ1) is 9.27. The predicted octanol–water partition coefficient (Wildman–Crippen LogP) is 1.32. The molecule has 2 aliphatic heterocycles. The Morgan fingerprint density at radius 1 is 1.38 bits per heavy atom. The summed E-state index contributed by atoms with van der Waals surface area (Å²) in [5.74, 6) is 0.489. The van der Waals surface area contributed by atoms with E-state index >= 15 is 0 Å². The molecule has 0 aliphatic carbocycles. The van der Waals surface area contributed by atoms with Gasteiger partial charge in [-0.3, -0.25) is 4.79 Å². The van der Waals surface area contributed by atoms with Crippen LogP contribution in [0.3, 0.4) is 0 Å². The van der Waals surface area contributed by atoms with Crippen LogP contribution < -0.4 is 0 Å². The first-order chi connectivity index (χ1) is 6.18. The third kappa shape index (κ3) is 1.67. The van der Waals surface area contributed by atoms with Crippen LogP contribution in [0.25, 0.3) is 0 Å². The van der Waals surface area contributed by atoms with Crippen molar-refractivity contribution in [3.8, 4) is 0 Å². The number of hydrogen-bond donors (Lipinski definition) is 1. The molecule has 74 valence electrons. The van der Waals surface area contributed by atoms with Crippen molar-refractivity contribution >= 4 is 17.9 Å². The van der Waals surface area contributed by atoms with E-state index in [1.54, 1.807) is 4.90 Å². The number of carbonyl (C=O) groups excluding carboxylic acids is 1. The summed E-state index contributed by atoms with van der Waals surface area (Å²) in [5.41, 5.74) is 0. The van der Waals surface area contributed by atoms with E-state index in [1.165, 1.54) is 0 Å². The Balaban J connectivity index is 2.06. The lowest BCUT2D eigenvalue weighted by Gasteiger charge is -2.33. The number of halogens is 1. The van der Waals surface area contributed by atoms with Gasteiger partial charge in [0.15, 0.2) is 0 Å². The van der Waals surface area contributed by atoms with Gasteiger partial charge in [0.2, 0.25) is 0 Å². The molecule has 5 heteroatoms. The number of thiol groups is 1. The van der Waals surface area contributed by atoms with Crippen LogP contribution in [0.2, 0.25) is 0 Å². The summed E-state index contributed by atoms with van der Waals surface area (Å²) in [6.45, 7) is 1.61. The highest BCUT2D eigenvalue weighted by atomic mass is 32.1. The third-order valence-corrected chi connectivity index (χ3v) is 3.32. The topological polar surface area (TPSA) is 23.6 Å². The van der Waals surface area contributed by atoms with Crippen molar-refractivity contribution in [3.63, 3.8) is 0 Å². The molecule has 0 spiro atoms. The summed E-state index contributed by atoms with van der Waals surface area (Å²) in [4.78, 5) is 12.7. The molecule has 2 atom stereocenters. The molecule has 2 unspecified atom stereocenters. The van der Waals surface area contributed by atoms with Crippen LogP contribution in [-0.2, 0) is 0 Å². The number of carbonyl (C=O) groups is 1. The van der Waals surface area contributed by atoms with Crippen LogP contribution in [-0.4, -0.2) is 40.9 Å². The monoisotopic (exact) mass is 204 g/mol. The molecule has 0 aromatic heterocycles. The van der Waals surface area contributed by atoms with E-state index in [4.69, 9.17) is 0 Å². The number of hydrogen-bond acceptors (Lipinski definition) is 2. The van der Waals surface area contributed by atoms with Gasteiger partial charge in [-0.2, -0.15) is 0 Å². The van der Waals surface area contributed by atoms with Crippen molar-refractivity contribution < 1.29 is 9.28 Å². The normalized spacial score (nSPS) is 34.8. The molecule has 2 aliphatic rings. The molecule has 1 amide bonds. The third-order valence-electron chi connectivity index (χ3n) is 3.06. The van der Waals surface area contributed by atoms with Gasteiger partial charge < -0.3 is 4.90 Å². The first-order valence-corrected chi connectivity index (χ1v) is 5.03. The number of rotatable bonds is 0. The summed E-state index contributed by atoms with van der Waals surface area (Å²) in [7, 11) is 0. The Bertz CT molecular complexity index is 226. The highest BCUT2D eigenvalue weighted by Crippen LogP contribution is 2.32. The average molecular weight is 204 g/mol. The summed E-state index contributed by atoms with van der Waals surface area (Å²) >= 11 is 3.79. The molecule has 2 heterocycles. The van der Waals surface area contributed by atoms with Crippen LogP contribution in [0.5, 0.6) is 0 Å². The Labute approximate surface area is 82.2 Å². The zero-order chi connectivity index (χ0) is 9.42. The van der Waals surface area contributed by atoms with E-state index in [2.05, 4.69) is 12.6 Å². The summed E-state index contributed by atoms with van der Waals surface area (Å²) in [6, 6.07) is 0.0590. The van der Waals surface area contributed by atoms with Crippen LogP contribution >= 0.6 is 12.6 Å². The molecule has 3 nitrogen and oxygen atoms in total. The fourth-order valence-electron chi connectivity index (χ4n) is 2.34. The maximum absolute atomic E-state index is 12.9. The molecule has 0 N–H and O–H groups in total. The minimum Gasteiger partial charge on any atom is -0.329 e. The van der Waals surface area contributed by atoms with Gasteiger partial charge in [0.25, 0.3) is 5.24 Å². The van der Waals surface area contributed by atoms with E-state index in [-0.39, 0.29) is 11.3 Å². The molecule has 0 saturated carbocycles. The van der Waals surface area contributed by atoms with E-state index in [1.807, 2.05) is 0 Å². The van der Waals surface area contributed by atoms with Crippen LogP contribution in [0, 0.1) is 5.92 Å². The Hall–Kier alpha value is -0.290. The quantitative estimate of drug-likeness (QED) is 0.475. The van der Waals surface area contributed by atoms with Crippen LogP contribution in [0.15, 0.2) is 0 Å². The minimum absolute atomic E-state index is 0.0590. The van der Waals surface area contributed by atoms with Gasteiger partial charge in [-0.1, -0.05) is 12.6 Å². The van der Waals surface area contributed by atoms with Gasteiger partial charge in [0.1, 0.15) is 0 Å². The first-order valence-electron chi connectivity index (χ1n) is 4.59. The van der Waals surface area contributed by atoms with E-state index in [0.717, 1.165) is 24.5 Å². The second-order valence-corrected chi connectivity index (χ2v) is 4.13. The molecule has 2 fully saturated rings. The summed E-state index contributed by atoms with van der Waals surface area (Å²) in [6.07, 6.45) is 1.86. The Morgan fingerprint density at radius 3 is 2.77 bits per heavy atom. The Kier molecular flexibility index (Phi) is 2.47. The van der Waals surface area contributed by atoms with Gasteiger partial charge in [-0.25, -0.2) is 0 Å². The highest BCUT2D eigenvalue weighted by Gasteiger charge is 2.39. The Morgan fingerprint density at radius 2 is 2.08 bits per heavy atom. The van der Waals surface area contributed by atoms with Crippen molar-refractivity contribution in [2.45, 2.75) is 18.9 Å². The minimum atomic E-state index is -0.220. The molecular weight excluding hydrogens is 191 g/mol. The van der Waals surface area contributed by atoms with Crippen LogP contribution in [0.4, 0.5) is 9.28 Å². The lowest BCUT2D eigenvalue weighted by molar-refractivity contribution is -0.0281. The van der Waals surface area contributed by atoms with Crippen molar-refractivity contribution in [2.75, 3.05) is 19.6 Å². The van der Waals surface area contributed by atoms with Gasteiger partial charge >= 0.3 is 0 Å². The standard InChI is InChI=1S/C8H13FN2OS/c9-10-3-1-6-2-4-11(8(12)13)7(6)5-10/h6-7H,1-5H2,(H,12,13). The fraction of sp³-hybridized carbons (Fsp3) is 0.875. The van der Waals surface area contributed by atoms with Crippen molar-refractivity contribution in [3.05, 3.63) is 0 Å². The predicted molar refractivity (Wildman–Crippen MR) is 50.3 cm³/mol. The highest BCUT2D eigenvalue weighted by molar-refractivity contribution is 7.96. The van der Waals surface area contributed by atoms with E-state index < -0.39 is 0 Å². The lowest BCUT2D eigenvalue weighted by Crippen LogP contribution is -2.46. The molecule has 2 saturated heterocycles. The van der Waals surface area contributed by atoms with Gasteiger partial charge in [-0.05, 0) is 18.8 Å². The van der Waals surface area contributed by atoms with Gasteiger partial charge in [0.05, 0.1) is 6.04 Å². The zero-order valence-corrected chi connectivity index (χ0v) is 8.21. The summed E-state index contributed by atoms with van der Waals surface area (Å²) in [5, 5.41) is 0.582. The van der Waals surface area contributed by atoms with Crippen molar-refractivity contribution in [2.24, 2.45) is 5.92 Å². The van der Waals surface area contributed by atoms with Gasteiger partial charge in [0, 0.05) is 19.6 Å². The lowest BCUT2D eigenvalue weighted by atomic mass is 9.93. The molecule has 0 radical (unpaired) electrons. The number of piperidine rings is 1. The second kappa shape index (κ2) is 3.46. The van der Waals surface area contributed by atoms with E-state index in [0.29, 0.717) is 19.0 Å². The maximum atomic E-state index is 12.9. The maximum Gasteiger partial charge on any atom is 0.278 e. The SMILES string of the molecule is O=C(S)N1CCC2CCN(F)CC21. The van der Waals surface area contributed by atoms with E-state index in [9.17, 15) is 9.28 Å². The fourth-order valence-corrected chi connectivity index (χ4v) is 2.59. The molecule has 13 heavy (non-hydrogen) atoms. The number of nitrogens with zero attached hydrogens (tertiary/aromatic N) is 2. The van der Waals surface area contributed by atoms with Gasteiger partial charge in [-0.15, -0.1) is 9.60 Å². The summed E-state index contributed by atoms with van der Waals surface area (Å²) < 4.78 is 12.9. The average Bonchev–Trinajstić information content (AvgIpc) is 2.46. The molecule has 0 bridgehead atoms. The number of likely N-dealkylation sites (tertiary alicyclic amines) is 1. The molecular formula is C8H13FN2OS. The van der Waals surface area contributed by atoms with Crippen molar-refractivity contribution in [1.29, 1.82) is 0 Å². The van der Waals surface area contributed by atoms with Crippen molar-refractivity contribution in [1.82, 2.24) is 10.0 Å². The number of amides is 1. The smallest absolute Gasteiger partial charge is 0.278 e. The zero-order valence-electron chi connectivity index (χ0n) is 7.32. The molecule has 2 rings (SSSR count). The van der Waals surface area contributed by atoms with Crippen LogP contribution in [0.1, 0.15) is 12.8 Å². The molecule has 0 aromatic rings. The second-order valence-electron chi connectivity index (χ2n) is 3.75. The number of fused-ring (bicyclic) bond motifs is 1.